The first kappa shape index (κ1) is 16.7. The van der Waals surface area contributed by atoms with Gasteiger partial charge in [-0.25, -0.2) is 0 Å². The number of hydrogen-bond donors (Lipinski definition) is 1. The Hall–Kier alpha value is 0.250. The van der Waals surface area contributed by atoms with Crippen LogP contribution >= 0.6 is 12.4 Å². The van der Waals surface area contributed by atoms with Crippen molar-refractivity contribution in [2.24, 2.45) is 0 Å². The van der Waals surface area contributed by atoms with Gasteiger partial charge in [0.25, 0.3) is 0 Å². The van der Waals surface area contributed by atoms with Crippen molar-refractivity contribution in [3.8, 4) is 0 Å². The van der Waals surface area contributed by atoms with Crippen molar-refractivity contribution >= 4 is 12.4 Å². The zero-order chi connectivity index (χ0) is 9.78. The predicted octanol–water partition coefficient (Wildman–Crippen LogP) is 4.16. The molecule has 88 valence electrons. The summed E-state index contributed by atoms with van der Waals surface area (Å²) in [5.74, 6) is 0. The highest BCUT2D eigenvalue weighted by Crippen LogP contribution is 1.98. The minimum atomic E-state index is 0. The third-order valence-electron chi connectivity index (χ3n) is 2.41. The zero-order valence-electron chi connectivity index (χ0n) is 9.98. The molecule has 0 spiro atoms. The molecule has 0 aromatic heterocycles. The van der Waals surface area contributed by atoms with Crippen LogP contribution < -0.4 is 5.32 Å². The zero-order valence-corrected chi connectivity index (χ0v) is 10.8. The van der Waals surface area contributed by atoms with Crippen molar-refractivity contribution in [3.63, 3.8) is 0 Å². The van der Waals surface area contributed by atoms with E-state index in [9.17, 15) is 0 Å². The van der Waals surface area contributed by atoms with Gasteiger partial charge in [-0.1, -0.05) is 52.4 Å². The van der Waals surface area contributed by atoms with Gasteiger partial charge in [-0.05, 0) is 25.9 Å². The Morgan fingerprint density at radius 2 is 1.07 bits per heavy atom. The van der Waals surface area contributed by atoms with Crippen LogP contribution in [-0.4, -0.2) is 13.1 Å². The molecule has 1 N–H and O–H groups in total. The van der Waals surface area contributed by atoms with E-state index in [1.165, 1.54) is 64.5 Å². The predicted molar refractivity (Wildman–Crippen MR) is 68.4 cm³/mol. The first-order chi connectivity index (χ1) is 6.41. The lowest BCUT2D eigenvalue weighted by Gasteiger charge is -2.03. The molecule has 0 saturated carbocycles. The second kappa shape index (κ2) is 15.7. The molecular formula is C12H28ClN. The quantitative estimate of drug-likeness (QED) is 0.547. The lowest BCUT2D eigenvalue weighted by molar-refractivity contribution is 0.564. The average Bonchev–Trinajstić information content (AvgIpc) is 2.16. The number of rotatable bonds is 10. The third-order valence-corrected chi connectivity index (χ3v) is 2.41. The molecule has 0 fully saturated rings. The largest absolute Gasteiger partial charge is 0.317 e. The number of hydrogen-bond acceptors (Lipinski definition) is 1. The van der Waals surface area contributed by atoms with E-state index in [1.54, 1.807) is 0 Å². The molecule has 1 nitrogen and oxygen atoms in total. The van der Waals surface area contributed by atoms with Gasteiger partial charge in [0.15, 0.2) is 0 Å². The summed E-state index contributed by atoms with van der Waals surface area (Å²) >= 11 is 0. The molecule has 0 amide bonds. The molecule has 0 radical (unpaired) electrons. The summed E-state index contributed by atoms with van der Waals surface area (Å²) < 4.78 is 0. The van der Waals surface area contributed by atoms with Crippen molar-refractivity contribution in [3.05, 3.63) is 0 Å². The Balaban J connectivity index is 0. The molecule has 0 unspecified atom stereocenters. The van der Waals surface area contributed by atoms with Gasteiger partial charge in [0.1, 0.15) is 0 Å². The molecule has 0 bridgehead atoms. The van der Waals surface area contributed by atoms with Gasteiger partial charge in [0.05, 0.1) is 0 Å². The summed E-state index contributed by atoms with van der Waals surface area (Å²) in [6, 6.07) is 0. The fourth-order valence-corrected chi connectivity index (χ4v) is 1.48. The molecule has 0 aromatic rings. The van der Waals surface area contributed by atoms with Gasteiger partial charge >= 0.3 is 0 Å². The van der Waals surface area contributed by atoms with Crippen molar-refractivity contribution in [1.29, 1.82) is 0 Å². The summed E-state index contributed by atoms with van der Waals surface area (Å²) in [5, 5.41) is 3.50. The van der Waals surface area contributed by atoms with Crippen molar-refractivity contribution < 1.29 is 0 Å². The molecule has 0 heterocycles. The Labute approximate surface area is 96.5 Å². The van der Waals surface area contributed by atoms with Gasteiger partial charge in [-0.2, -0.15) is 0 Å². The maximum Gasteiger partial charge on any atom is -0.00489 e. The van der Waals surface area contributed by atoms with E-state index in [4.69, 9.17) is 0 Å². The Morgan fingerprint density at radius 3 is 1.43 bits per heavy atom. The van der Waals surface area contributed by atoms with E-state index >= 15 is 0 Å². The molecule has 0 aliphatic heterocycles. The Kier molecular flexibility index (Phi) is 18.7. The number of halogens is 1. The number of unbranched alkanes of at least 4 members (excludes halogenated alkanes) is 6. The van der Waals surface area contributed by atoms with E-state index in [2.05, 4.69) is 19.2 Å². The fourth-order valence-electron chi connectivity index (χ4n) is 1.48. The van der Waals surface area contributed by atoms with Gasteiger partial charge < -0.3 is 5.32 Å². The summed E-state index contributed by atoms with van der Waals surface area (Å²) in [7, 11) is 0. The van der Waals surface area contributed by atoms with Gasteiger partial charge in [-0.15, -0.1) is 12.4 Å². The topological polar surface area (TPSA) is 12.0 Å². The highest BCUT2D eigenvalue weighted by atomic mass is 35.5. The van der Waals surface area contributed by atoms with Crippen molar-refractivity contribution in [2.75, 3.05) is 13.1 Å². The van der Waals surface area contributed by atoms with Crippen LogP contribution in [0.5, 0.6) is 0 Å². The molecule has 0 atom stereocenters. The van der Waals surface area contributed by atoms with Crippen LogP contribution in [0.15, 0.2) is 0 Å². The minimum Gasteiger partial charge on any atom is -0.317 e. The summed E-state index contributed by atoms with van der Waals surface area (Å²) in [6.45, 7) is 6.98. The second-order valence-corrected chi connectivity index (χ2v) is 3.87. The fraction of sp³-hybridized carbons (Fsp3) is 1.00. The van der Waals surface area contributed by atoms with Gasteiger partial charge in [0, 0.05) is 0 Å². The lowest BCUT2D eigenvalue weighted by Crippen LogP contribution is -2.16. The number of nitrogens with one attached hydrogen (secondary N) is 1. The van der Waals surface area contributed by atoms with Crippen LogP contribution in [0.25, 0.3) is 0 Å². The minimum absolute atomic E-state index is 0. The normalized spacial score (nSPS) is 9.86. The lowest BCUT2D eigenvalue weighted by atomic mass is 10.2. The van der Waals surface area contributed by atoms with Crippen molar-refractivity contribution in [2.45, 2.75) is 65.2 Å². The summed E-state index contributed by atoms with van der Waals surface area (Å²) in [6.07, 6.45) is 11.0. The smallest absolute Gasteiger partial charge is 0.00489 e. The SMILES string of the molecule is CCCCCCNCCCCCC.Cl. The van der Waals surface area contributed by atoms with Gasteiger partial charge in [-0.3, -0.25) is 0 Å². The highest BCUT2D eigenvalue weighted by Gasteiger charge is 1.89. The molecule has 0 rings (SSSR count). The van der Waals surface area contributed by atoms with E-state index in [-0.39, 0.29) is 12.4 Å². The van der Waals surface area contributed by atoms with Gasteiger partial charge in [0.2, 0.25) is 0 Å². The Morgan fingerprint density at radius 1 is 0.643 bits per heavy atom. The van der Waals surface area contributed by atoms with Crippen LogP contribution in [0.1, 0.15) is 65.2 Å². The van der Waals surface area contributed by atoms with Crippen molar-refractivity contribution in [1.82, 2.24) is 5.32 Å². The molecule has 14 heavy (non-hydrogen) atoms. The van der Waals surface area contributed by atoms with E-state index < -0.39 is 0 Å². The molecule has 0 saturated heterocycles. The van der Waals surface area contributed by atoms with E-state index in [0.717, 1.165) is 0 Å². The van der Waals surface area contributed by atoms with Crippen LogP contribution in [0.3, 0.4) is 0 Å². The van der Waals surface area contributed by atoms with Crippen LogP contribution in [-0.2, 0) is 0 Å². The average molecular weight is 222 g/mol. The maximum absolute atomic E-state index is 3.50. The Bertz CT molecular complexity index is 76.4. The summed E-state index contributed by atoms with van der Waals surface area (Å²) in [5.41, 5.74) is 0. The molecule has 0 aliphatic rings. The second-order valence-electron chi connectivity index (χ2n) is 3.87. The van der Waals surface area contributed by atoms with Crippen LogP contribution in [0, 0.1) is 0 Å². The summed E-state index contributed by atoms with van der Waals surface area (Å²) in [4.78, 5) is 0. The van der Waals surface area contributed by atoms with Crippen LogP contribution in [0.2, 0.25) is 0 Å². The molecular weight excluding hydrogens is 194 g/mol. The monoisotopic (exact) mass is 221 g/mol. The van der Waals surface area contributed by atoms with E-state index in [0.29, 0.717) is 0 Å². The third kappa shape index (κ3) is 14.8. The highest BCUT2D eigenvalue weighted by molar-refractivity contribution is 5.85. The standard InChI is InChI=1S/C12H27N.ClH/c1-3-5-7-9-11-13-12-10-8-6-4-2;/h13H,3-12H2,1-2H3;1H. The van der Waals surface area contributed by atoms with E-state index in [1.807, 2.05) is 0 Å². The maximum atomic E-state index is 3.50. The molecule has 0 aliphatic carbocycles. The molecule has 0 aromatic carbocycles. The molecule has 2 heteroatoms. The first-order valence-electron chi connectivity index (χ1n) is 6.12. The van der Waals surface area contributed by atoms with Crippen LogP contribution in [0.4, 0.5) is 0 Å². The first-order valence-corrected chi connectivity index (χ1v) is 6.12.